The fraction of sp³-hybridized carbons (Fsp3) is 0.250. The predicted octanol–water partition coefficient (Wildman–Crippen LogP) is 2.09. The predicted molar refractivity (Wildman–Crippen MR) is 125 cm³/mol. The number of rotatable bonds is 8. The number of aromatic nitrogens is 2. The molecule has 2 aromatic heterocycles. The number of hydrogen-bond donors (Lipinski definition) is 4. The molecule has 1 aromatic carbocycles. The van der Waals surface area contributed by atoms with Crippen molar-refractivity contribution in [1.82, 2.24) is 19.8 Å². The third-order valence-corrected chi connectivity index (χ3v) is 5.77. The van der Waals surface area contributed by atoms with Crippen LogP contribution in [-0.4, -0.2) is 74.0 Å². The molecule has 3 aromatic rings. The number of piperazine rings is 1. The summed E-state index contributed by atoms with van der Waals surface area (Å²) in [4.78, 5) is 46.3. The fourth-order valence-corrected chi connectivity index (χ4v) is 4.17. The van der Waals surface area contributed by atoms with Gasteiger partial charge in [-0.25, -0.2) is 4.79 Å². The van der Waals surface area contributed by atoms with Gasteiger partial charge in [0.2, 0.25) is 5.91 Å². The number of aliphatic carboxylic acids is 2. The van der Waals surface area contributed by atoms with Crippen LogP contribution in [0, 0.1) is 0 Å². The highest BCUT2D eigenvalue weighted by Gasteiger charge is 2.32. The molecule has 0 radical (unpaired) electrons. The molecular formula is C24H25N5O5. The van der Waals surface area contributed by atoms with Crippen LogP contribution in [-0.2, 0) is 20.9 Å². The van der Waals surface area contributed by atoms with Crippen LogP contribution in [0.4, 0.5) is 5.69 Å². The van der Waals surface area contributed by atoms with Crippen molar-refractivity contribution >= 4 is 34.4 Å². The Hall–Kier alpha value is -4.02. The van der Waals surface area contributed by atoms with Gasteiger partial charge in [0.25, 0.3) is 0 Å². The van der Waals surface area contributed by atoms with Gasteiger partial charge < -0.3 is 20.5 Å². The number of carbonyl (C=O) groups is 3. The SMILES string of the molecule is O=C(O)/C=C/C(=O)Nc1ccc2c(C(C(=O)O)N3CCN(Cc4ccccn4)CC3)c[nH]c2c1. The maximum absolute atomic E-state index is 12.3. The zero-order valence-corrected chi connectivity index (χ0v) is 18.3. The van der Waals surface area contributed by atoms with E-state index in [-0.39, 0.29) is 0 Å². The molecule has 1 aliphatic heterocycles. The second-order valence-electron chi connectivity index (χ2n) is 8.04. The average molecular weight is 463 g/mol. The lowest BCUT2D eigenvalue weighted by atomic mass is 10.0. The molecule has 1 atom stereocenters. The van der Waals surface area contributed by atoms with Crippen LogP contribution in [0.2, 0.25) is 0 Å². The standard InChI is InChI=1S/C24H25N5O5/c30-21(6-7-22(31)32)27-16-4-5-18-19(14-26-20(18)13-16)23(24(33)34)29-11-9-28(10-12-29)15-17-3-1-2-8-25-17/h1-8,13-14,23,26H,9-12,15H2,(H,27,30)(H,31,32)(H,33,34)/b7-6+. The summed E-state index contributed by atoms with van der Waals surface area (Å²) in [6.45, 7) is 3.43. The molecule has 1 saturated heterocycles. The minimum absolute atomic E-state index is 0.468. The highest BCUT2D eigenvalue weighted by molar-refractivity contribution is 6.03. The Morgan fingerprint density at radius 1 is 1.09 bits per heavy atom. The van der Waals surface area contributed by atoms with E-state index in [2.05, 4.69) is 20.2 Å². The number of carbonyl (C=O) groups excluding carboxylic acids is 1. The van der Waals surface area contributed by atoms with Crippen LogP contribution in [0.25, 0.3) is 10.9 Å². The monoisotopic (exact) mass is 463 g/mol. The lowest BCUT2D eigenvalue weighted by Crippen LogP contribution is -2.48. The Morgan fingerprint density at radius 3 is 2.56 bits per heavy atom. The number of H-pyrrole nitrogens is 1. The van der Waals surface area contributed by atoms with E-state index in [1.54, 1.807) is 30.6 Å². The van der Waals surface area contributed by atoms with Gasteiger partial charge in [-0.15, -0.1) is 0 Å². The summed E-state index contributed by atoms with van der Waals surface area (Å²) >= 11 is 0. The van der Waals surface area contributed by atoms with Crippen molar-refractivity contribution in [3.8, 4) is 0 Å². The van der Waals surface area contributed by atoms with Crippen molar-refractivity contribution in [2.75, 3.05) is 31.5 Å². The van der Waals surface area contributed by atoms with E-state index in [0.29, 0.717) is 29.9 Å². The first-order valence-electron chi connectivity index (χ1n) is 10.8. The normalized spacial score (nSPS) is 16.0. The summed E-state index contributed by atoms with van der Waals surface area (Å²) in [5.41, 5.74) is 2.79. The molecular weight excluding hydrogens is 438 g/mol. The highest BCUT2D eigenvalue weighted by Crippen LogP contribution is 2.31. The second kappa shape index (κ2) is 10.3. The van der Waals surface area contributed by atoms with Gasteiger partial charge in [-0.1, -0.05) is 12.1 Å². The van der Waals surface area contributed by atoms with Crippen molar-refractivity contribution in [2.45, 2.75) is 12.6 Å². The number of nitrogens with zero attached hydrogens (tertiary/aromatic N) is 3. The first kappa shape index (κ1) is 23.1. The molecule has 176 valence electrons. The van der Waals surface area contributed by atoms with Crippen molar-refractivity contribution in [3.05, 3.63) is 72.2 Å². The first-order chi connectivity index (χ1) is 16.4. The number of hydrogen-bond acceptors (Lipinski definition) is 6. The summed E-state index contributed by atoms with van der Waals surface area (Å²) in [6.07, 6.45) is 5.15. The Labute approximate surface area is 195 Å². The smallest absolute Gasteiger partial charge is 0.328 e. The van der Waals surface area contributed by atoms with Crippen LogP contribution >= 0.6 is 0 Å². The van der Waals surface area contributed by atoms with E-state index in [1.807, 2.05) is 23.1 Å². The van der Waals surface area contributed by atoms with Crippen LogP contribution in [0.15, 0.2) is 60.9 Å². The van der Waals surface area contributed by atoms with Crippen molar-refractivity contribution in [1.29, 1.82) is 0 Å². The van der Waals surface area contributed by atoms with E-state index < -0.39 is 23.9 Å². The quantitative estimate of drug-likeness (QED) is 0.373. The zero-order valence-electron chi connectivity index (χ0n) is 18.3. The number of nitrogens with one attached hydrogen (secondary N) is 2. The molecule has 1 amide bonds. The lowest BCUT2D eigenvalue weighted by molar-refractivity contribution is -0.144. The maximum Gasteiger partial charge on any atom is 0.328 e. The molecule has 0 aliphatic carbocycles. The van der Waals surface area contributed by atoms with E-state index in [4.69, 9.17) is 5.11 Å². The summed E-state index contributed by atoms with van der Waals surface area (Å²) < 4.78 is 0. The Kier molecular flexibility index (Phi) is 7.00. The van der Waals surface area contributed by atoms with E-state index >= 15 is 0 Å². The number of pyridine rings is 1. The molecule has 4 rings (SSSR count). The largest absolute Gasteiger partial charge is 0.480 e. The van der Waals surface area contributed by atoms with Crippen LogP contribution in [0.5, 0.6) is 0 Å². The van der Waals surface area contributed by atoms with Crippen molar-refractivity contribution < 1.29 is 24.6 Å². The zero-order chi connectivity index (χ0) is 24.1. The summed E-state index contributed by atoms with van der Waals surface area (Å²) in [6, 6.07) is 10.1. The fourth-order valence-electron chi connectivity index (χ4n) is 4.17. The van der Waals surface area contributed by atoms with Crippen molar-refractivity contribution in [3.63, 3.8) is 0 Å². The molecule has 0 bridgehead atoms. The van der Waals surface area contributed by atoms with Gasteiger partial charge in [0.05, 0.1) is 5.69 Å². The second-order valence-corrected chi connectivity index (χ2v) is 8.04. The average Bonchev–Trinajstić information content (AvgIpc) is 3.22. The number of anilines is 1. The summed E-state index contributed by atoms with van der Waals surface area (Å²) in [7, 11) is 0. The van der Waals surface area contributed by atoms with Gasteiger partial charge in [-0.2, -0.15) is 0 Å². The molecule has 10 heteroatoms. The van der Waals surface area contributed by atoms with Gasteiger partial charge in [0, 0.05) is 79.4 Å². The van der Waals surface area contributed by atoms with E-state index in [1.165, 1.54) is 0 Å². The summed E-state index contributed by atoms with van der Waals surface area (Å²) in [5, 5.41) is 22.0. The number of benzene rings is 1. The highest BCUT2D eigenvalue weighted by atomic mass is 16.4. The Morgan fingerprint density at radius 2 is 1.88 bits per heavy atom. The Bertz CT molecular complexity index is 1210. The van der Waals surface area contributed by atoms with E-state index in [9.17, 15) is 19.5 Å². The lowest BCUT2D eigenvalue weighted by Gasteiger charge is -2.37. The number of amides is 1. The van der Waals surface area contributed by atoms with Crippen LogP contribution < -0.4 is 5.32 Å². The maximum atomic E-state index is 12.3. The number of aromatic amines is 1. The van der Waals surface area contributed by atoms with Gasteiger partial charge in [0.15, 0.2) is 0 Å². The first-order valence-corrected chi connectivity index (χ1v) is 10.8. The molecule has 4 N–H and O–H groups in total. The number of carboxylic acids is 2. The molecule has 0 saturated carbocycles. The molecule has 3 heterocycles. The molecule has 34 heavy (non-hydrogen) atoms. The number of carboxylic acid groups (broad SMARTS) is 2. The van der Waals surface area contributed by atoms with Gasteiger partial charge in [-0.05, 0) is 24.3 Å². The summed E-state index contributed by atoms with van der Waals surface area (Å²) in [5.74, 6) is -2.70. The van der Waals surface area contributed by atoms with Gasteiger partial charge in [-0.3, -0.25) is 24.4 Å². The molecule has 0 spiro atoms. The minimum atomic E-state index is -1.21. The Balaban J connectivity index is 1.46. The van der Waals surface area contributed by atoms with Gasteiger partial charge >= 0.3 is 11.9 Å². The molecule has 1 fully saturated rings. The van der Waals surface area contributed by atoms with Crippen LogP contribution in [0.1, 0.15) is 17.3 Å². The van der Waals surface area contributed by atoms with Crippen LogP contribution in [0.3, 0.4) is 0 Å². The van der Waals surface area contributed by atoms with Crippen molar-refractivity contribution in [2.24, 2.45) is 0 Å². The number of fused-ring (bicyclic) bond motifs is 1. The topological polar surface area (TPSA) is 139 Å². The minimum Gasteiger partial charge on any atom is -0.480 e. The third-order valence-electron chi connectivity index (χ3n) is 5.77. The molecule has 1 aliphatic rings. The molecule has 1 unspecified atom stereocenters. The van der Waals surface area contributed by atoms with Gasteiger partial charge in [0.1, 0.15) is 6.04 Å². The molecule has 10 nitrogen and oxygen atoms in total. The van der Waals surface area contributed by atoms with E-state index in [0.717, 1.165) is 42.9 Å². The third kappa shape index (κ3) is 5.48.